The lowest BCUT2D eigenvalue weighted by Gasteiger charge is -2.29. The van der Waals surface area contributed by atoms with Crippen LogP contribution in [0.4, 0.5) is 11.6 Å². The molecule has 2 N–H and O–H groups in total. The van der Waals surface area contributed by atoms with Crippen molar-refractivity contribution in [3.8, 4) is 17.2 Å². The lowest BCUT2D eigenvalue weighted by Crippen LogP contribution is -2.31. The molecule has 0 saturated heterocycles. The van der Waals surface area contributed by atoms with Crippen LogP contribution >= 0.6 is 11.8 Å². The molecular weight excluding hydrogens is 490 g/mol. The van der Waals surface area contributed by atoms with Gasteiger partial charge >= 0.3 is 0 Å². The molecule has 1 aliphatic heterocycles. The van der Waals surface area contributed by atoms with E-state index in [4.69, 9.17) is 19.3 Å². The van der Waals surface area contributed by atoms with Gasteiger partial charge in [-0.1, -0.05) is 36.9 Å². The second-order valence-corrected chi connectivity index (χ2v) is 9.37. The number of methoxy groups -OCH3 is 1. The third-order valence-electron chi connectivity index (χ3n) is 5.75. The number of amides is 1. The molecule has 196 valence electrons. The van der Waals surface area contributed by atoms with E-state index in [0.29, 0.717) is 58.5 Å². The van der Waals surface area contributed by atoms with Crippen molar-refractivity contribution >= 4 is 29.3 Å². The third-order valence-corrected chi connectivity index (χ3v) is 6.79. The number of carbonyl (C=O) groups is 1. The highest BCUT2D eigenvalue weighted by molar-refractivity contribution is 7.99. The number of hydrogen-bond acceptors (Lipinski definition) is 8. The molecule has 4 rings (SSSR count). The molecule has 37 heavy (non-hydrogen) atoms. The van der Waals surface area contributed by atoms with E-state index in [9.17, 15) is 4.79 Å². The maximum atomic E-state index is 13.9. The first-order chi connectivity index (χ1) is 18.0. The Kier molecular flexibility index (Phi) is 8.60. The van der Waals surface area contributed by atoms with Crippen LogP contribution in [0.15, 0.2) is 58.9 Å². The van der Waals surface area contributed by atoms with E-state index in [1.807, 2.05) is 63.2 Å². The number of hydrogen-bond donors (Lipinski definition) is 2. The summed E-state index contributed by atoms with van der Waals surface area (Å²) >= 11 is 1.59. The van der Waals surface area contributed by atoms with E-state index < -0.39 is 6.04 Å². The molecule has 2 aromatic carbocycles. The molecule has 0 bridgehead atoms. The number of thioether (sulfide) groups is 1. The van der Waals surface area contributed by atoms with Gasteiger partial charge in [0, 0.05) is 11.4 Å². The van der Waals surface area contributed by atoms with Gasteiger partial charge in [-0.3, -0.25) is 4.79 Å². The van der Waals surface area contributed by atoms with Gasteiger partial charge in [0.1, 0.15) is 11.8 Å². The predicted octanol–water partition coefficient (Wildman–Crippen LogP) is 5.51. The number of allylic oxidation sites excluding steroid dienone is 1. The minimum absolute atomic E-state index is 0.264. The summed E-state index contributed by atoms with van der Waals surface area (Å²) in [6.45, 7) is 8.79. The lowest BCUT2D eigenvalue weighted by molar-refractivity contribution is -0.113. The highest BCUT2D eigenvalue weighted by Gasteiger charge is 2.35. The maximum absolute atomic E-state index is 13.9. The normalized spacial score (nSPS) is 14.6. The van der Waals surface area contributed by atoms with E-state index in [1.165, 1.54) is 0 Å². The van der Waals surface area contributed by atoms with Crippen molar-refractivity contribution in [3.05, 3.63) is 59.3 Å². The molecule has 0 aliphatic carbocycles. The highest BCUT2D eigenvalue weighted by atomic mass is 32.2. The number of rotatable bonds is 11. The van der Waals surface area contributed by atoms with E-state index in [-0.39, 0.29) is 5.91 Å². The van der Waals surface area contributed by atoms with Gasteiger partial charge < -0.3 is 24.8 Å². The molecule has 0 radical (unpaired) electrons. The summed E-state index contributed by atoms with van der Waals surface area (Å²) in [4.78, 5) is 18.5. The van der Waals surface area contributed by atoms with Crippen molar-refractivity contribution in [3.63, 3.8) is 0 Å². The molecule has 1 aromatic heterocycles. The molecule has 0 saturated carbocycles. The van der Waals surface area contributed by atoms with Crippen LogP contribution in [0.25, 0.3) is 0 Å². The average Bonchev–Trinajstić information content (AvgIpc) is 3.30. The van der Waals surface area contributed by atoms with Crippen LogP contribution in [-0.4, -0.2) is 46.7 Å². The number of anilines is 2. The molecule has 9 nitrogen and oxygen atoms in total. The molecule has 0 spiro atoms. The Hall–Kier alpha value is -3.66. The maximum Gasteiger partial charge on any atom is 0.255 e. The molecule has 2 heterocycles. The fraction of sp³-hybridized carbons (Fsp3) is 0.370. The van der Waals surface area contributed by atoms with Gasteiger partial charge in [-0.15, -0.1) is 5.10 Å². The van der Waals surface area contributed by atoms with E-state index >= 15 is 0 Å². The van der Waals surface area contributed by atoms with Crippen molar-refractivity contribution in [1.82, 2.24) is 14.8 Å². The fourth-order valence-electron chi connectivity index (χ4n) is 4.16. The Morgan fingerprint density at radius 3 is 2.57 bits per heavy atom. The quantitative estimate of drug-likeness (QED) is 0.317. The second-order valence-electron chi connectivity index (χ2n) is 8.30. The topological polar surface area (TPSA) is 99.5 Å². The predicted molar refractivity (Wildman–Crippen MR) is 146 cm³/mol. The van der Waals surface area contributed by atoms with Crippen molar-refractivity contribution in [2.24, 2.45) is 0 Å². The largest absolute Gasteiger partial charge is 0.493 e. The summed E-state index contributed by atoms with van der Waals surface area (Å²) in [5.41, 5.74) is 2.63. The first kappa shape index (κ1) is 26.4. The lowest BCUT2D eigenvalue weighted by atomic mass is 9.94. The minimum atomic E-state index is -0.538. The highest BCUT2D eigenvalue weighted by Crippen LogP contribution is 2.40. The van der Waals surface area contributed by atoms with Gasteiger partial charge in [0.05, 0.1) is 31.6 Å². The summed E-state index contributed by atoms with van der Waals surface area (Å²) in [6, 6.07) is 12.5. The standard InChI is InChI=1S/C27H33N5O4S/c1-6-15-37-27-30-26-28-17(4)23(25(33)29-19-11-9-10-12-20(19)35-7-2)24(32(26)31-27)18-13-14-21(34-5)22(16-18)36-8-3/h9-14,16,24H,6-8,15H2,1-5H3,(H,29,33)(H,28,30,31). The average molecular weight is 524 g/mol. The Bertz CT molecular complexity index is 1290. The van der Waals surface area contributed by atoms with Crippen LogP contribution < -0.4 is 24.8 Å². The Morgan fingerprint density at radius 1 is 1.08 bits per heavy atom. The zero-order valence-corrected chi connectivity index (χ0v) is 22.6. The Balaban J connectivity index is 1.79. The molecule has 1 atom stereocenters. The van der Waals surface area contributed by atoms with Crippen molar-refractivity contribution in [1.29, 1.82) is 0 Å². The molecule has 3 aromatic rings. The van der Waals surface area contributed by atoms with E-state index in [2.05, 4.69) is 22.5 Å². The summed E-state index contributed by atoms with van der Waals surface area (Å²) in [5, 5.41) is 11.8. The third kappa shape index (κ3) is 5.69. The van der Waals surface area contributed by atoms with E-state index in [0.717, 1.165) is 17.7 Å². The van der Waals surface area contributed by atoms with Crippen molar-refractivity contribution in [2.75, 3.05) is 36.7 Å². The van der Waals surface area contributed by atoms with Crippen LogP contribution in [0, 0.1) is 0 Å². The monoisotopic (exact) mass is 523 g/mol. The van der Waals surface area contributed by atoms with Crippen LogP contribution in [0.2, 0.25) is 0 Å². The molecule has 1 amide bonds. The van der Waals surface area contributed by atoms with Gasteiger partial charge in [0.25, 0.3) is 5.91 Å². The molecule has 1 unspecified atom stereocenters. The Morgan fingerprint density at radius 2 is 1.84 bits per heavy atom. The zero-order valence-electron chi connectivity index (χ0n) is 21.8. The van der Waals surface area contributed by atoms with Crippen LogP contribution in [0.3, 0.4) is 0 Å². The number of benzene rings is 2. The van der Waals surface area contributed by atoms with Gasteiger partial charge in [-0.2, -0.15) is 4.98 Å². The minimum Gasteiger partial charge on any atom is -0.493 e. The number of carbonyl (C=O) groups excluding carboxylic acids is 1. The van der Waals surface area contributed by atoms with Crippen molar-refractivity contribution in [2.45, 2.75) is 45.3 Å². The first-order valence-electron chi connectivity index (χ1n) is 12.4. The van der Waals surface area contributed by atoms with Crippen LogP contribution in [0.5, 0.6) is 17.2 Å². The first-order valence-corrected chi connectivity index (χ1v) is 13.4. The summed E-state index contributed by atoms with van der Waals surface area (Å²) in [6.07, 6.45) is 1.01. The van der Waals surface area contributed by atoms with Gasteiger partial charge in [-0.05, 0) is 57.0 Å². The summed E-state index contributed by atoms with van der Waals surface area (Å²) < 4.78 is 18.8. The number of aromatic nitrogens is 3. The van der Waals surface area contributed by atoms with Crippen LogP contribution in [-0.2, 0) is 4.79 Å². The SMILES string of the molecule is CCCSc1nc2n(n1)C(c1ccc(OC)c(OCC)c1)C(C(=O)Nc1ccccc1OCC)=C(C)N2. The molecule has 1 aliphatic rings. The van der Waals surface area contributed by atoms with E-state index in [1.54, 1.807) is 23.6 Å². The van der Waals surface area contributed by atoms with Gasteiger partial charge in [-0.25, -0.2) is 4.68 Å². The molecule has 0 fully saturated rings. The second kappa shape index (κ2) is 12.1. The fourth-order valence-corrected chi connectivity index (χ4v) is 4.84. The zero-order chi connectivity index (χ0) is 26.4. The number of nitrogens with zero attached hydrogens (tertiary/aromatic N) is 3. The smallest absolute Gasteiger partial charge is 0.255 e. The Labute approximate surface area is 221 Å². The molecule has 10 heteroatoms. The van der Waals surface area contributed by atoms with Gasteiger partial charge in [0.15, 0.2) is 11.5 Å². The summed E-state index contributed by atoms with van der Waals surface area (Å²) in [5.74, 6) is 3.05. The number of nitrogens with one attached hydrogen (secondary N) is 2. The number of ether oxygens (including phenoxy) is 3. The number of para-hydroxylation sites is 2. The number of fused-ring (bicyclic) bond motifs is 1. The summed E-state index contributed by atoms with van der Waals surface area (Å²) in [7, 11) is 1.60. The molecular formula is C27H33N5O4S. The van der Waals surface area contributed by atoms with Crippen LogP contribution in [0.1, 0.15) is 45.7 Å². The van der Waals surface area contributed by atoms with Crippen molar-refractivity contribution < 1.29 is 19.0 Å². The van der Waals surface area contributed by atoms with Gasteiger partial charge in [0.2, 0.25) is 11.1 Å².